The number of amides is 1. The zero-order chi connectivity index (χ0) is 16.4. The van der Waals surface area contributed by atoms with Crippen LogP contribution in [0.15, 0.2) is 11.0 Å². The molecule has 5 nitrogen and oxygen atoms in total. The fraction of sp³-hybridized carbons (Fsp3) is 0.300. The monoisotopic (exact) mass is 411 g/mol. The van der Waals surface area contributed by atoms with Crippen LogP contribution in [0.25, 0.3) is 0 Å². The van der Waals surface area contributed by atoms with Gasteiger partial charge in [-0.2, -0.15) is 0 Å². The summed E-state index contributed by atoms with van der Waals surface area (Å²) in [6.45, 7) is 0.101. The van der Waals surface area contributed by atoms with Crippen molar-refractivity contribution in [3.8, 4) is 0 Å². The van der Waals surface area contributed by atoms with Gasteiger partial charge in [-0.05, 0) is 6.07 Å². The molecule has 1 aromatic carbocycles. The van der Waals surface area contributed by atoms with E-state index >= 15 is 0 Å². The predicted molar refractivity (Wildman–Crippen MR) is 85.8 cm³/mol. The van der Waals surface area contributed by atoms with Crippen molar-refractivity contribution in [2.75, 3.05) is 18.6 Å². The number of carbonyl (C=O) groups excluding carboxylic acids is 1. The lowest BCUT2D eigenvalue weighted by Crippen LogP contribution is -2.28. The zero-order valence-electron chi connectivity index (χ0n) is 10.5. The normalized spacial score (nSPS) is 13.0. The standard InChI is InChI=1S/C10H9Cl4NO4S2/c1-20(17)3-2-15-10(16)7-8(12)5(11)4-6(9(7)13)21(14,18)19/h4H,2-3H2,1H3,(H,15,16). The van der Waals surface area contributed by atoms with Crippen LogP contribution < -0.4 is 5.32 Å². The molecule has 0 saturated carbocycles. The Balaban J connectivity index is 3.26. The van der Waals surface area contributed by atoms with Gasteiger partial charge in [0.1, 0.15) is 4.90 Å². The van der Waals surface area contributed by atoms with Gasteiger partial charge in [-0.15, -0.1) is 0 Å². The van der Waals surface area contributed by atoms with Gasteiger partial charge in [0.2, 0.25) is 0 Å². The molecule has 118 valence electrons. The minimum Gasteiger partial charge on any atom is -0.351 e. The van der Waals surface area contributed by atoms with Gasteiger partial charge < -0.3 is 5.32 Å². The maximum absolute atomic E-state index is 12.0. The van der Waals surface area contributed by atoms with Gasteiger partial charge >= 0.3 is 0 Å². The fourth-order valence-electron chi connectivity index (χ4n) is 1.35. The molecule has 1 rings (SSSR count). The molecule has 0 heterocycles. The van der Waals surface area contributed by atoms with E-state index < -0.39 is 35.7 Å². The maximum atomic E-state index is 12.0. The van der Waals surface area contributed by atoms with Crippen LogP contribution in [0.1, 0.15) is 10.4 Å². The van der Waals surface area contributed by atoms with Crippen molar-refractivity contribution in [2.45, 2.75) is 4.90 Å². The molecule has 1 N–H and O–H groups in total. The second-order valence-corrected chi connectivity index (χ2v) is 9.08. The maximum Gasteiger partial charge on any atom is 0.262 e. The highest BCUT2D eigenvalue weighted by Gasteiger charge is 2.26. The summed E-state index contributed by atoms with van der Waals surface area (Å²) >= 11 is 17.5. The first-order valence-corrected chi connectivity index (χ1v) is 10.4. The molecule has 0 radical (unpaired) electrons. The van der Waals surface area contributed by atoms with Crippen LogP contribution >= 0.6 is 45.5 Å². The van der Waals surface area contributed by atoms with Gasteiger partial charge in [-0.3, -0.25) is 9.00 Å². The molecule has 0 aliphatic carbocycles. The molecule has 21 heavy (non-hydrogen) atoms. The van der Waals surface area contributed by atoms with Crippen LogP contribution in [0, 0.1) is 0 Å². The molecule has 1 aromatic rings. The van der Waals surface area contributed by atoms with Gasteiger partial charge in [0.25, 0.3) is 15.0 Å². The zero-order valence-corrected chi connectivity index (χ0v) is 15.1. The second-order valence-electron chi connectivity index (χ2n) is 3.83. The van der Waals surface area contributed by atoms with Crippen molar-refractivity contribution in [2.24, 2.45) is 0 Å². The van der Waals surface area contributed by atoms with Crippen molar-refractivity contribution in [1.29, 1.82) is 0 Å². The van der Waals surface area contributed by atoms with E-state index in [1.807, 2.05) is 0 Å². The summed E-state index contributed by atoms with van der Waals surface area (Å²) in [5, 5.41) is 1.63. The Labute approximate surface area is 143 Å². The third-order valence-corrected chi connectivity index (χ3v) is 5.70. The van der Waals surface area contributed by atoms with E-state index in [1.165, 1.54) is 6.26 Å². The molecule has 0 aliphatic heterocycles. The fourth-order valence-corrected chi connectivity index (χ4v) is 3.89. The summed E-state index contributed by atoms with van der Waals surface area (Å²) in [6, 6.07) is 0.965. The summed E-state index contributed by atoms with van der Waals surface area (Å²) < 4.78 is 33.7. The Kier molecular flexibility index (Phi) is 6.77. The van der Waals surface area contributed by atoms with Gasteiger partial charge in [0.15, 0.2) is 0 Å². The molecule has 0 fully saturated rings. The van der Waals surface area contributed by atoms with Crippen molar-refractivity contribution in [3.63, 3.8) is 0 Å². The van der Waals surface area contributed by atoms with Crippen molar-refractivity contribution in [3.05, 3.63) is 26.7 Å². The molecular formula is C10H9Cl4NO4S2. The van der Waals surface area contributed by atoms with E-state index in [4.69, 9.17) is 45.5 Å². The predicted octanol–water partition coefficient (Wildman–Crippen LogP) is 2.68. The molecule has 1 atom stereocenters. The van der Waals surface area contributed by atoms with E-state index in [0.717, 1.165) is 6.07 Å². The Morgan fingerprint density at radius 3 is 2.33 bits per heavy atom. The Bertz CT molecular complexity index is 705. The van der Waals surface area contributed by atoms with Crippen molar-refractivity contribution >= 4 is 71.2 Å². The van der Waals surface area contributed by atoms with Crippen LogP contribution in [0.3, 0.4) is 0 Å². The molecule has 0 spiro atoms. The first kappa shape index (κ1) is 19.0. The van der Waals surface area contributed by atoms with E-state index in [2.05, 4.69) is 5.32 Å². The average molecular weight is 413 g/mol. The molecule has 0 aromatic heterocycles. The van der Waals surface area contributed by atoms with Crippen LogP contribution in [-0.2, 0) is 19.9 Å². The van der Waals surface area contributed by atoms with Gasteiger partial charge in [0.05, 0.1) is 20.6 Å². The average Bonchev–Trinajstić information content (AvgIpc) is 2.32. The number of carbonyl (C=O) groups is 1. The van der Waals surface area contributed by atoms with E-state index in [0.29, 0.717) is 0 Å². The topological polar surface area (TPSA) is 80.3 Å². The first-order chi connectivity index (χ1) is 9.55. The molecule has 1 amide bonds. The molecular weight excluding hydrogens is 404 g/mol. The van der Waals surface area contributed by atoms with E-state index in [1.54, 1.807) is 0 Å². The first-order valence-electron chi connectivity index (χ1n) is 5.26. The molecule has 11 heteroatoms. The smallest absolute Gasteiger partial charge is 0.262 e. The summed E-state index contributed by atoms with van der Waals surface area (Å²) in [7, 11) is -0.0650. The lowest BCUT2D eigenvalue weighted by atomic mass is 10.2. The van der Waals surface area contributed by atoms with Gasteiger partial charge in [0, 0.05) is 40.0 Å². The van der Waals surface area contributed by atoms with Crippen LogP contribution in [0.4, 0.5) is 0 Å². The lowest BCUT2D eigenvalue weighted by Gasteiger charge is -2.11. The minimum absolute atomic E-state index is 0.101. The van der Waals surface area contributed by atoms with Crippen LogP contribution in [0.2, 0.25) is 15.1 Å². The van der Waals surface area contributed by atoms with Crippen molar-refractivity contribution in [1.82, 2.24) is 5.32 Å². The Morgan fingerprint density at radius 1 is 1.29 bits per heavy atom. The number of rotatable bonds is 5. The highest BCUT2D eigenvalue weighted by Crippen LogP contribution is 2.37. The summed E-state index contributed by atoms with van der Waals surface area (Å²) in [5.74, 6) is -0.512. The minimum atomic E-state index is -4.19. The summed E-state index contributed by atoms with van der Waals surface area (Å²) in [4.78, 5) is 11.5. The van der Waals surface area contributed by atoms with Crippen LogP contribution in [0.5, 0.6) is 0 Å². The lowest BCUT2D eigenvalue weighted by molar-refractivity contribution is 0.0956. The number of benzene rings is 1. The second kappa shape index (κ2) is 7.48. The Hall–Kier alpha value is -0.0500. The highest BCUT2D eigenvalue weighted by molar-refractivity contribution is 8.13. The summed E-state index contributed by atoms with van der Waals surface area (Å²) in [6.07, 6.45) is 1.48. The van der Waals surface area contributed by atoms with Crippen molar-refractivity contribution < 1.29 is 17.4 Å². The van der Waals surface area contributed by atoms with E-state index in [9.17, 15) is 17.4 Å². The largest absolute Gasteiger partial charge is 0.351 e. The molecule has 0 bridgehead atoms. The quantitative estimate of drug-likeness (QED) is 0.595. The number of halogens is 4. The van der Waals surface area contributed by atoms with Gasteiger partial charge in [-0.1, -0.05) is 34.8 Å². The summed E-state index contributed by atoms with van der Waals surface area (Å²) in [5.41, 5.74) is -0.299. The third-order valence-electron chi connectivity index (χ3n) is 2.29. The molecule has 1 unspecified atom stereocenters. The molecule has 0 aliphatic rings. The number of nitrogens with one attached hydrogen (secondary N) is 1. The Morgan fingerprint density at radius 2 is 1.86 bits per heavy atom. The van der Waals surface area contributed by atoms with Crippen LogP contribution in [-0.4, -0.2) is 37.1 Å². The van der Waals surface area contributed by atoms with E-state index in [-0.39, 0.29) is 27.9 Å². The SMILES string of the molecule is CS(=O)CCNC(=O)c1c(Cl)c(Cl)cc(S(=O)(=O)Cl)c1Cl. The van der Waals surface area contributed by atoms with Gasteiger partial charge in [-0.25, -0.2) is 8.42 Å². The molecule has 0 saturated heterocycles. The third kappa shape index (κ3) is 4.97. The highest BCUT2D eigenvalue weighted by atomic mass is 35.7. The number of hydrogen-bond donors (Lipinski definition) is 1. The number of hydrogen-bond acceptors (Lipinski definition) is 4.